The Morgan fingerprint density at radius 2 is 1.98 bits per heavy atom. The summed E-state index contributed by atoms with van der Waals surface area (Å²) in [6.45, 7) is 0.997. The number of hydrogen-bond acceptors (Lipinski definition) is 5. The van der Waals surface area contributed by atoms with Crippen LogP contribution in [0, 0.1) is 29.4 Å². The van der Waals surface area contributed by atoms with Crippen molar-refractivity contribution in [2.45, 2.75) is 12.6 Å². The van der Waals surface area contributed by atoms with Gasteiger partial charge in [-0.1, -0.05) is 23.4 Å². The van der Waals surface area contributed by atoms with Gasteiger partial charge in [-0.15, -0.1) is 0 Å². The van der Waals surface area contributed by atoms with Gasteiger partial charge in [0.1, 0.15) is 17.4 Å². The number of fused-ring (bicyclic) bond motifs is 1. The van der Waals surface area contributed by atoms with E-state index in [-0.39, 0.29) is 45.4 Å². The van der Waals surface area contributed by atoms with E-state index in [1.165, 1.54) is 16.8 Å². The highest BCUT2D eigenvalue weighted by molar-refractivity contribution is 6.32. The van der Waals surface area contributed by atoms with E-state index >= 15 is 0 Å². The number of carbonyl (C=O) groups excluding carboxylic acids is 1. The number of rotatable bonds is 4. The van der Waals surface area contributed by atoms with Crippen molar-refractivity contribution in [1.82, 2.24) is 9.78 Å². The zero-order valence-electron chi connectivity index (χ0n) is 21.2. The maximum Gasteiger partial charge on any atom is 0.416 e. The maximum atomic E-state index is 14.1. The average Bonchev–Trinajstić information content (AvgIpc) is 3.53. The largest absolute Gasteiger partial charge is 0.453 e. The van der Waals surface area contributed by atoms with Crippen molar-refractivity contribution in [3.8, 4) is 23.3 Å². The Morgan fingerprint density at radius 3 is 2.68 bits per heavy atom. The van der Waals surface area contributed by atoms with Crippen molar-refractivity contribution in [2.24, 2.45) is 13.0 Å². The highest BCUT2D eigenvalue weighted by Gasteiger charge is 2.32. The third-order valence-corrected chi connectivity index (χ3v) is 6.58. The zero-order chi connectivity index (χ0) is 29.5. The van der Waals surface area contributed by atoms with Crippen LogP contribution in [0.3, 0.4) is 0 Å². The lowest BCUT2D eigenvalue weighted by molar-refractivity contribution is -0.137. The number of nitrogens with two attached hydrogens (primary N) is 1. The first-order chi connectivity index (χ1) is 19.4. The normalized spacial score (nSPS) is 15.0. The summed E-state index contributed by atoms with van der Waals surface area (Å²) < 4.78 is 80.8. The number of nitrogen functional groups attached to an aromatic ring is 1. The van der Waals surface area contributed by atoms with Crippen molar-refractivity contribution in [1.29, 1.82) is 0 Å². The number of hydrogen-bond donors (Lipinski definition) is 2. The van der Waals surface area contributed by atoms with Crippen molar-refractivity contribution in [2.75, 3.05) is 24.3 Å². The summed E-state index contributed by atoms with van der Waals surface area (Å²) in [6, 6.07) is 6.23. The van der Waals surface area contributed by atoms with Gasteiger partial charge in [0.2, 0.25) is 0 Å². The number of aromatic nitrogens is 2. The highest BCUT2D eigenvalue weighted by Crippen LogP contribution is 2.43. The summed E-state index contributed by atoms with van der Waals surface area (Å²) in [6.07, 6.45) is -4.18. The maximum absolute atomic E-state index is 14.1. The summed E-state index contributed by atoms with van der Waals surface area (Å²) in [5.41, 5.74) is 4.90. The number of nitrogens with one attached hydrogen (secondary N) is 1. The second kappa shape index (κ2) is 10.9. The first-order valence-corrected chi connectivity index (χ1v) is 12.5. The monoisotopic (exact) mass is 590 g/mol. The zero-order valence-corrected chi connectivity index (χ0v) is 22.0. The van der Waals surface area contributed by atoms with Crippen LogP contribution < -0.4 is 15.8 Å². The standard InChI is InChI=1S/C28H20ClF5N4O3/c1-38-24-15(3-2-14-6-7-40-13-14)10-21(36-27(39)16-8-17(28(32,33)34)11-19(31)9-16)25(23(24)26(35)37-38)41-22-12-18(30)4-5-20(22)29/h4-5,8-12,14H,6-7,13H2,1H3,(H2,35,37)(H,36,39). The molecule has 0 spiro atoms. The van der Waals surface area contributed by atoms with Gasteiger partial charge in [-0.3, -0.25) is 9.48 Å². The van der Waals surface area contributed by atoms with E-state index < -0.39 is 34.8 Å². The van der Waals surface area contributed by atoms with Crippen LogP contribution in [0.1, 0.15) is 27.9 Å². The Balaban J connectivity index is 1.68. The van der Waals surface area contributed by atoms with E-state index in [9.17, 15) is 26.7 Å². The number of alkyl halides is 3. The minimum absolute atomic E-state index is 0.0179. The van der Waals surface area contributed by atoms with Crippen molar-refractivity contribution < 1.29 is 36.2 Å². The molecule has 212 valence electrons. The number of anilines is 2. The van der Waals surface area contributed by atoms with Crippen LogP contribution in [-0.4, -0.2) is 28.9 Å². The minimum atomic E-state index is -4.89. The third kappa shape index (κ3) is 5.91. The lowest BCUT2D eigenvalue weighted by atomic mass is 10.0. The molecule has 1 aliphatic rings. The molecular weight excluding hydrogens is 571 g/mol. The second-order valence-electron chi connectivity index (χ2n) is 9.22. The lowest BCUT2D eigenvalue weighted by Crippen LogP contribution is -2.15. The molecule has 0 saturated carbocycles. The van der Waals surface area contributed by atoms with Gasteiger partial charge in [0, 0.05) is 31.2 Å². The predicted octanol–water partition coefficient (Wildman–Crippen LogP) is 6.54. The van der Waals surface area contributed by atoms with Gasteiger partial charge in [0.05, 0.1) is 39.3 Å². The van der Waals surface area contributed by atoms with Crippen molar-refractivity contribution in [3.05, 3.63) is 75.8 Å². The summed E-state index contributed by atoms with van der Waals surface area (Å²) in [7, 11) is 1.60. The molecule has 13 heteroatoms. The van der Waals surface area contributed by atoms with Crippen LogP contribution in [0.15, 0.2) is 42.5 Å². The molecule has 1 amide bonds. The molecule has 3 aromatic carbocycles. The molecule has 1 aliphatic heterocycles. The number of ether oxygens (including phenoxy) is 2. The number of benzene rings is 3. The number of amides is 1. The number of nitrogens with zero attached hydrogens (tertiary/aromatic N) is 2. The van der Waals surface area contributed by atoms with Gasteiger partial charge in [-0.05, 0) is 42.8 Å². The molecule has 2 heterocycles. The van der Waals surface area contributed by atoms with Crippen molar-refractivity contribution >= 4 is 39.9 Å². The van der Waals surface area contributed by atoms with Crippen LogP contribution in [0.2, 0.25) is 5.02 Å². The van der Waals surface area contributed by atoms with Crippen LogP contribution in [0.25, 0.3) is 10.9 Å². The van der Waals surface area contributed by atoms with Gasteiger partial charge < -0.3 is 20.5 Å². The predicted molar refractivity (Wildman–Crippen MR) is 142 cm³/mol. The van der Waals surface area contributed by atoms with Crippen LogP contribution in [-0.2, 0) is 18.0 Å². The molecule has 4 aromatic rings. The highest BCUT2D eigenvalue weighted by atomic mass is 35.5. The topological polar surface area (TPSA) is 91.4 Å². The van der Waals surface area contributed by atoms with Crippen molar-refractivity contribution in [3.63, 3.8) is 0 Å². The molecule has 1 fully saturated rings. The van der Waals surface area contributed by atoms with Crippen LogP contribution in [0.4, 0.5) is 33.5 Å². The van der Waals surface area contributed by atoms with Crippen LogP contribution >= 0.6 is 11.6 Å². The first kappa shape index (κ1) is 28.2. The van der Waals surface area contributed by atoms with E-state index in [1.807, 2.05) is 0 Å². The summed E-state index contributed by atoms with van der Waals surface area (Å²) >= 11 is 6.21. The van der Waals surface area contributed by atoms with Gasteiger partial charge in [-0.25, -0.2) is 8.78 Å². The molecule has 1 atom stereocenters. The molecule has 1 saturated heterocycles. The fourth-order valence-corrected chi connectivity index (χ4v) is 4.51. The Labute approximate surface area is 235 Å². The molecule has 5 rings (SSSR count). The second-order valence-corrected chi connectivity index (χ2v) is 9.63. The summed E-state index contributed by atoms with van der Waals surface area (Å²) in [4.78, 5) is 13.2. The van der Waals surface area contributed by atoms with Gasteiger partial charge in [-0.2, -0.15) is 18.3 Å². The molecule has 3 N–H and O–H groups in total. The smallest absolute Gasteiger partial charge is 0.416 e. The molecular formula is C28H20ClF5N4O3. The van der Waals surface area contributed by atoms with Gasteiger partial charge in [0.25, 0.3) is 5.91 Å². The molecule has 0 aliphatic carbocycles. The number of carbonyl (C=O) groups is 1. The number of halogens is 6. The van der Waals surface area contributed by atoms with Gasteiger partial charge >= 0.3 is 6.18 Å². The van der Waals surface area contributed by atoms with E-state index in [2.05, 4.69) is 22.3 Å². The molecule has 0 bridgehead atoms. The molecule has 0 radical (unpaired) electrons. The Hall–Kier alpha value is -4.34. The fourth-order valence-electron chi connectivity index (χ4n) is 4.36. The molecule has 1 unspecified atom stereocenters. The van der Waals surface area contributed by atoms with E-state index in [0.717, 1.165) is 12.1 Å². The minimum Gasteiger partial charge on any atom is -0.453 e. The molecule has 7 nitrogen and oxygen atoms in total. The molecule has 41 heavy (non-hydrogen) atoms. The SMILES string of the molecule is Cn1nc(N)c2c(Oc3cc(F)ccc3Cl)c(NC(=O)c3cc(F)cc(C(F)(F)F)c3)cc(C#CC3CCOC3)c21. The molecule has 1 aromatic heterocycles. The average molecular weight is 591 g/mol. The summed E-state index contributed by atoms with van der Waals surface area (Å²) in [5.74, 6) is 2.75. The lowest BCUT2D eigenvalue weighted by Gasteiger charge is -2.16. The quantitative estimate of drug-likeness (QED) is 0.208. The fraction of sp³-hybridized carbons (Fsp3) is 0.214. The van der Waals surface area contributed by atoms with Crippen LogP contribution in [0.5, 0.6) is 11.5 Å². The van der Waals surface area contributed by atoms with E-state index in [0.29, 0.717) is 42.8 Å². The van der Waals surface area contributed by atoms with E-state index in [4.69, 9.17) is 26.8 Å². The Morgan fingerprint density at radius 1 is 1.20 bits per heavy atom. The number of aryl methyl sites for hydroxylation is 1. The van der Waals surface area contributed by atoms with Gasteiger partial charge in [0.15, 0.2) is 11.6 Å². The summed E-state index contributed by atoms with van der Waals surface area (Å²) in [5, 5.41) is 6.89. The third-order valence-electron chi connectivity index (χ3n) is 6.27. The first-order valence-electron chi connectivity index (χ1n) is 12.1. The van der Waals surface area contributed by atoms with E-state index in [1.54, 1.807) is 7.05 Å². The Kier molecular flexibility index (Phi) is 7.50. The Bertz CT molecular complexity index is 1740.